The van der Waals surface area contributed by atoms with Gasteiger partial charge in [0, 0.05) is 29.2 Å². The molecule has 2 aromatic rings. The SMILES string of the molecule is CC1COC(c2ccc(C=C3CCN(C(=O)c4ccc(Cl)cc4)CC3)cc2)=N1. The Balaban J connectivity index is 1.37. The molecule has 1 atom stereocenters. The third kappa shape index (κ3) is 4.28. The van der Waals surface area contributed by atoms with Crippen molar-refractivity contribution >= 4 is 29.5 Å². The second-order valence-corrected chi connectivity index (χ2v) is 7.75. The zero-order chi connectivity index (χ0) is 19.5. The molecule has 0 bridgehead atoms. The van der Waals surface area contributed by atoms with Gasteiger partial charge >= 0.3 is 0 Å². The summed E-state index contributed by atoms with van der Waals surface area (Å²) in [6, 6.07) is 15.6. The lowest BCUT2D eigenvalue weighted by Gasteiger charge is -2.28. The Morgan fingerprint density at radius 1 is 1.11 bits per heavy atom. The highest BCUT2D eigenvalue weighted by atomic mass is 35.5. The first kappa shape index (κ1) is 18.8. The molecular formula is C23H23ClN2O2. The fourth-order valence-electron chi connectivity index (χ4n) is 3.51. The molecule has 0 aromatic heterocycles. The van der Waals surface area contributed by atoms with Crippen LogP contribution < -0.4 is 0 Å². The molecule has 1 unspecified atom stereocenters. The number of amides is 1. The van der Waals surface area contributed by atoms with Crippen LogP contribution in [0.25, 0.3) is 6.08 Å². The van der Waals surface area contributed by atoms with Crippen LogP contribution in [0.5, 0.6) is 0 Å². The molecule has 2 heterocycles. The van der Waals surface area contributed by atoms with Gasteiger partial charge in [0.2, 0.25) is 5.90 Å². The van der Waals surface area contributed by atoms with Gasteiger partial charge in [0.05, 0.1) is 6.04 Å². The van der Waals surface area contributed by atoms with Gasteiger partial charge in [-0.25, -0.2) is 4.99 Å². The summed E-state index contributed by atoms with van der Waals surface area (Å²) in [5, 5.41) is 0.646. The van der Waals surface area contributed by atoms with Crippen LogP contribution in [0.2, 0.25) is 5.02 Å². The molecule has 1 fully saturated rings. The standard InChI is InChI=1S/C23H23ClN2O2/c1-16-15-28-22(25-16)19-4-2-17(3-5-19)14-18-10-12-26(13-11-18)23(27)20-6-8-21(24)9-7-20/h2-9,14,16H,10-13,15H2,1H3. The molecule has 0 N–H and O–H groups in total. The first-order chi connectivity index (χ1) is 13.6. The largest absolute Gasteiger partial charge is 0.475 e. The van der Waals surface area contributed by atoms with Crippen molar-refractivity contribution in [3.63, 3.8) is 0 Å². The fourth-order valence-corrected chi connectivity index (χ4v) is 3.63. The van der Waals surface area contributed by atoms with E-state index in [9.17, 15) is 4.79 Å². The topological polar surface area (TPSA) is 41.9 Å². The van der Waals surface area contributed by atoms with E-state index < -0.39 is 0 Å². The summed E-state index contributed by atoms with van der Waals surface area (Å²) < 4.78 is 5.61. The number of halogens is 1. The number of nitrogens with zero attached hydrogens (tertiary/aromatic N) is 2. The number of piperidine rings is 1. The average Bonchev–Trinajstić information content (AvgIpc) is 3.15. The molecular weight excluding hydrogens is 372 g/mol. The monoisotopic (exact) mass is 394 g/mol. The smallest absolute Gasteiger partial charge is 0.253 e. The predicted octanol–water partition coefficient (Wildman–Crippen LogP) is 4.82. The normalized spacial score (nSPS) is 19.2. The molecule has 0 saturated carbocycles. The number of carbonyl (C=O) groups is 1. The Bertz CT molecular complexity index is 907. The zero-order valence-corrected chi connectivity index (χ0v) is 16.7. The fraction of sp³-hybridized carbons (Fsp3) is 0.304. The lowest BCUT2D eigenvalue weighted by atomic mass is 9.99. The molecule has 2 aromatic carbocycles. The van der Waals surface area contributed by atoms with Crippen molar-refractivity contribution in [1.82, 2.24) is 4.90 Å². The maximum atomic E-state index is 12.6. The number of aliphatic imine (C=N–C) groups is 1. The molecule has 5 heteroatoms. The van der Waals surface area contributed by atoms with Gasteiger partial charge in [0.25, 0.3) is 5.91 Å². The number of ether oxygens (including phenoxy) is 1. The van der Waals surface area contributed by atoms with E-state index in [1.807, 2.05) is 4.90 Å². The predicted molar refractivity (Wildman–Crippen MR) is 113 cm³/mol. The van der Waals surface area contributed by atoms with E-state index in [2.05, 4.69) is 42.3 Å². The second kappa shape index (κ2) is 8.19. The zero-order valence-electron chi connectivity index (χ0n) is 15.9. The Hall–Kier alpha value is -2.59. The van der Waals surface area contributed by atoms with Crippen molar-refractivity contribution in [3.8, 4) is 0 Å². The number of benzene rings is 2. The van der Waals surface area contributed by atoms with Gasteiger partial charge in [-0.05, 0) is 61.7 Å². The molecule has 28 heavy (non-hydrogen) atoms. The Morgan fingerprint density at radius 3 is 2.39 bits per heavy atom. The lowest BCUT2D eigenvalue weighted by Crippen LogP contribution is -2.36. The van der Waals surface area contributed by atoms with Crippen molar-refractivity contribution in [2.75, 3.05) is 19.7 Å². The highest BCUT2D eigenvalue weighted by molar-refractivity contribution is 6.30. The van der Waals surface area contributed by atoms with E-state index in [1.54, 1.807) is 24.3 Å². The van der Waals surface area contributed by atoms with E-state index in [4.69, 9.17) is 16.3 Å². The van der Waals surface area contributed by atoms with Crippen LogP contribution in [0.4, 0.5) is 0 Å². The van der Waals surface area contributed by atoms with Crippen molar-refractivity contribution in [2.24, 2.45) is 4.99 Å². The summed E-state index contributed by atoms with van der Waals surface area (Å²) in [6.45, 7) is 4.20. The minimum absolute atomic E-state index is 0.0756. The maximum Gasteiger partial charge on any atom is 0.253 e. The summed E-state index contributed by atoms with van der Waals surface area (Å²) in [5.41, 5.74) is 4.26. The molecule has 2 aliphatic rings. The molecule has 1 saturated heterocycles. The third-order valence-electron chi connectivity index (χ3n) is 5.11. The van der Waals surface area contributed by atoms with Crippen LogP contribution in [0.3, 0.4) is 0 Å². The van der Waals surface area contributed by atoms with Crippen molar-refractivity contribution in [3.05, 3.63) is 75.8 Å². The van der Waals surface area contributed by atoms with Crippen LogP contribution in [0.1, 0.15) is 41.3 Å². The highest BCUT2D eigenvalue weighted by Gasteiger charge is 2.20. The summed E-state index contributed by atoms with van der Waals surface area (Å²) in [4.78, 5) is 19.0. The van der Waals surface area contributed by atoms with E-state index >= 15 is 0 Å². The van der Waals surface area contributed by atoms with Crippen molar-refractivity contribution in [1.29, 1.82) is 0 Å². The average molecular weight is 395 g/mol. The molecule has 4 rings (SSSR count). The van der Waals surface area contributed by atoms with Gasteiger partial charge in [-0.3, -0.25) is 4.79 Å². The van der Waals surface area contributed by atoms with E-state index in [-0.39, 0.29) is 11.9 Å². The van der Waals surface area contributed by atoms with E-state index in [0.717, 1.165) is 37.4 Å². The number of rotatable bonds is 3. The number of hydrogen-bond donors (Lipinski definition) is 0. The second-order valence-electron chi connectivity index (χ2n) is 7.32. The summed E-state index contributed by atoms with van der Waals surface area (Å²) in [6.07, 6.45) is 4.02. The third-order valence-corrected chi connectivity index (χ3v) is 5.36. The number of hydrogen-bond acceptors (Lipinski definition) is 3. The van der Waals surface area contributed by atoms with Crippen molar-refractivity contribution < 1.29 is 9.53 Å². The van der Waals surface area contributed by atoms with Gasteiger partial charge < -0.3 is 9.64 Å². The Labute approximate surface area is 170 Å². The minimum Gasteiger partial charge on any atom is -0.475 e. The number of likely N-dealkylation sites (tertiary alicyclic amines) is 1. The quantitative estimate of drug-likeness (QED) is 0.748. The van der Waals surface area contributed by atoms with Gasteiger partial charge in [0.1, 0.15) is 6.61 Å². The number of carbonyl (C=O) groups excluding carboxylic acids is 1. The van der Waals surface area contributed by atoms with Gasteiger partial charge in [-0.15, -0.1) is 0 Å². The highest BCUT2D eigenvalue weighted by Crippen LogP contribution is 2.22. The first-order valence-electron chi connectivity index (χ1n) is 9.64. The van der Waals surface area contributed by atoms with Gasteiger partial charge in [0.15, 0.2) is 0 Å². The van der Waals surface area contributed by atoms with Crippen LogP contribution >= 0.6 is 11.6 Å². The molecule has 2 aliphatic heterocycles. The van der Waals surface area contributed by atoms with E-state index in [0.29, 0.717) is 17.2 Å². The van der Waals surface area contributed by atoms with Gasteiger partial charge in [-0.2, -0.15) is 0 Å². The molecule has 144 valence electrons. The Morgan fingerprint density at radius 2 is 1.79 bits per heavy atom. The summed E-state index contributed by atoms with van der Waals surface area (Å²) >= 11 is 5.91. The lowest BCUT2D eigenvalue weighted by molar-refractivity contribution is 0.0744. The summed E-state index contributed by atoms with van der Waals surface area (Å²) in [7, 11) is 0. The molecule has 1 amide bonds. The van der Waals surface area contributed by atoms with Crippen LogP contribution in [0.15, 0.2) is 59.1 Å². The van der Waals surface area contributed by atoms with Crippen LogP contribution in [-0.4, -0.2) is 42.4 Å². The molecule has 4 nitrogen and oxygen atoms in total. The molecule has 0 aliphatic carbocycles. The summed E-state index contributed by atoms with van der Waals surface area (Å²) in [5.74, 6) is 0.812. The minimum atomic E-state index is 0.0756. The van der Waals surface area contributed by atoms with E-state index in [1.165, 1.54) is 11.1 Å². The molecule has 0 spiro atoms. The Kier molecular flexibility index (Phi) is 5.49. The first-order valence-corrected chi connectivity index (χ1v) is 10.0. The maximum absolute atomic E-state index is 12.6. The van der Waals surface area contributed by atoms with Crippen LogP contribution in [-0.2, 0) is 4.74 Å². The molecule has 0 radical (unpaired) electrons. The van der Waals surface area contributed by atoms with Crippen LogP contribution in [0, 0.1) is 0 Å². The van der Waals surface area contributed by atoms with Crippen molar-refractivity contribution in [2.45, 2.75) is 25.8 Å². The van der Waals surface area contributed by atoms with Gasteiger partial charge in [-0.1, -0.05) is 35.4 Å².